The van der Waals surface area contributed by atoms with Gasteiger partial charge >= 0.3 is 17.6 Å². The van der Waals surface area contributed by atoms with E-state index in [0.717, 1.165) is 4.90 Å². The first-order chi connectivity index (χ1) is 18.4. The van der Waals surface area contributed by atoms with E-state index in [4.69, 9.17) is 4.74 Å². The van der Waals surface area contributed by atoms with E-state index in [0.29, 0.717) is 17.0 Å². The van der Waals surface area contributed by atoms with E-state index in [9.17, 15) is 27.6 Å². The van der Waals surface area contributed by atoms with Crippen molar-refractivity contribution >= 4 is 46.9 Å². The van der Waals surface area contributed by atoms with Crippen LogP contribution in [0.1, 0.15) is 19.4 Å². The van der Waals surface area contributed by atoms with Crippen LogP contribution in [0.4, 0.5) is 40.0 Å². The number of amides is 5. The van der Waals surface area contributed by atoms with E-state index in [2.05, 4.69) is 15.6 Å². The largest absolute Gasteiger partial charge is 0.497 e. The van der Waals surface area contributed by atoms with Crippen molar-refractivity contribution in [3.05, 3.63) is 72.4 Å². The molecule has 39 heavy (non-hydrogen) atoms. The number of ether oxygens (including phenoxy) is 1. The molecule has 0 saturated carbocycles. The van der Waals surface area contributed by atoms with Gasteiger partial charge in [-0.25, -0.2) is 19.5 Å². The van der Waals surface area contributed by atoms with Crippen LogP contribution in [0, 0.1) is 0 Å². The fourth-order valence-corrected chi connectivity index (χ4v) is 4.44. The number of nitrogens with one attached hydrogen (secondary N) is 2. The average molecular weight is 560 g/mol. The number of imide groups is 1. The van der Waals surface area contributed by atoms with Crippen LogP contribution in [0.15, 0.2) is 71.8 Å². The summed E-state index contributed by atoms with van der Waals surface area (Å²) >= 11 is -0.281. The molecule has 0 bridgehead atoms. The van der Waals surface area contributed by atoms with Crippen LogP contribution in [0.5, 0.6) is 5.75 Å². The first-order valence-electron chi connectivity index (χ1n) is 11.6. The molecule has 13 heteroatoms. The first kappa shape index (κ1) is 27.8. The van der Waals surface area contributed by atoms with E-state index in [1.807, 2.05) is 0 Å². The molecule has 0 radical (unpaired) electrons. The van der Waals surface area contributed by atoms with Crippen LogP contribution in [-0.4, -0.2) is 46.0 Å². The number of anilines is 3. The lowest BCUT2D eigenvalue weighted by molar-refractivity contribution is -0.123. The van der Waals surface area contributed by atoms with Gasteiger partial charge < -0.3 is 15.0 Å². The maximum Gasteiger partial charge on any atom is 0.446 e. The molecule has 5 amide bonds. The molecular formula is C26H24F3N5O4S. The molecule has 1 fully saturated rings. The minimum Gasteiger partial charge on any atom is -0.497 e. The predicted octanol–water partition coefficient (Wildman–Crippen LogP) is 6.09. The Morgan fingerprint density at radius 2 is 1.69 bits per heavy atom. The predicted molar refractivity (Wildman–Crippen MR) is 141 cm³/mol. The molecule has 1 aliphatic rings. The number of methoxy groups -OCH3 is 1. The Bertz CT molecular complexity index is 1380. The maximum atomic E-state index is 13.3. The van der Waals surface area contributed by atoms with Gasteiger partial charge in [-0.15, -0.1) is 0 Å². The summed E-state index contributed by atoms with van der Waals surface area (Å²) in [4.78, 5) is 45.3. The monoisotopic (exact) mass is 559 g/mol. The molecule has 1 aromatic heterocycles. The van der Waals surface area contributed by atoms with Crippen molar-refractivity contribution in [2.24, 2.45) is 0 Å². The normalized spacial score (nSPS) is 14.9. The number of alkyl halides is 3. The Kier molecular flexibility index (Phi) is 7.72. The van der Waals surface area contributed by atoms with Crippen molar-refractivity contribution in [1.82, 2.24) is 9.88 Å². The summed E-state index contributed by atoms with van der Waals surface area (Å²) in [5.41, 5.74) is -4.39. The van der Waals surface area contributed by atoms with Crippen molar-refractivity contribution in [3.8, 4) is 5.75 Å². The maximum absolute atomic E-state index is 13.3. The summed E-state index contributed by atoms with van der Waals surface area (Å²) in [7, 11) is 1.54. The highest BCUT2D eigenvalue weighted by molar-refractivity contribution is 8.00. The summed E-state index contributed by atoms with van der Waals surface area (Å²) in [6.07, 6.45) is 1.46. The number of thioether (sulfide) groups is 1. The molecule has 2 heterocycles. The summed E-state index contributed by atoms with van der Waals surface area (Å²) in [5.74, 6) is 0.350. The second-order valence-corrected chi connectivity index (χ2v) is 10.1. The molecule has 4 rings (SSSR count). The Morgan fingerprint density at radius 3 is 2.31 bits per heavy atom. The molecular weight excluding hydrogens is 535 g/mol. The molecule has 0 aliphatic carbocycles. The number of carbonyl (C=O) groups is 3. The summed E-state index contributed by atoms with van der Waals surface area (Å²) in [5, 5.41) is 5.30. The topological polar surface area (TPSA) is 104 Å². The van der Waals surface area contributed by atoms with Gasteiger partial charge in [-0.05, 0) is 91.8 Å². The highest BCUT2D eigenvalue weighted by Crippen LogP contribution is 2.39. The Labute approximate surface area is 226 Å². The zero-order valence-electron chi connectivity index (χ0n) is 21.1. The minimum atomic E-state index is -4.45. The lowest BCUT2D eigenvalue weighted by atomic mass is 10.0. The number of rotatable bonds is 7. The second-order valence-electron chi connectivity index (χ2n) is 8.97. The van der Waals surface area contributed by atoms with Crippen LogP contribution in [0.25, 0.3) is 0 Å². The standard InChI is InChI=1S/C26H24F3N5O4S/c1-25(2)22(35)34(18-6-10-20(11-7-18)39-26(27,28)29)24(37)33(25)15-16-12-13-30-21(14-16)32-23(36)31-17-4-8-19(38-3)9-5-17/h4-14H,15H2,1-3H3,(H2,30,31,32,36). The van der Waals surface area contributed by atoms with Crippen LogP contribution in [-0.2, 0) is 11.3 Å². The van der Waals surface area contributed by atoms with Gasteiger partial charge in [-0.3, -0.25) is 10.1 Å². The van der Waals surface area contributed by atoms with Gasteiger partial charge in [0.1, 0.15) is 17.1 Å². The van der Waals surface area contributed by atoms with Crippen LogP contribution in [0.3, 0.4) is 0 Å². The Balaban J connectivity index is 1.46. The zero-order chi connectivity index (χ0) is 28.4. The first-order valence-corrected chi connectivity index (χ1v) is 12.4. The third-order valence-electron chi connectivity index (χ3n) is 5.91. The fourth-order valence-electron chi connectivity index (χ4n) is 3.90. The number of nitrogens with zero attached hydrogens (tertiary/aromatic N) is 3. The number of hydrogen-bond acceptors (Lipinski definition) is 6. The van der Waals surface area contributed by atoms with Crippen LogP contribution < -0.4 is 20.3 Å². The van der Waals surface area contributed by atoms with Gasteiger partial charge in [0.15, 0.2) is 0 Å². The molecule has 3 aromatic rings. The van der Waals surface area contributed by atoms with E-state index in [1.165, 1.54) is 42.5 Å². The molecule has 1 aliphatic heterocycles. The lowest BCUT2D eigenvalue weighted by Gasteiger charge is -2.27. The number of aromatic nitrogens is 1. The Morgan fingerprint density at radius 1 is 1.03 bits per heavy atom. The van der Waals surface area contributed by atoms with E-state index >= 15 is 0 Å². The van der Waals surface area contributed by atoms with Gasteiger partial charge in [-0.2, -0.15) is 13.2 Å². The molecule has 1 saturated heterocycles. The van der Waals surface area contributed by atoms with Gasteiger partial charge in [0.05, 0.1) is 12.8 Å². The highest BCUT2D eigenvalue weighted by atomic mass is 32.2. The highest BCUT2D eigenvalue weighted by Gasteiger charge is 2.51. The molecule has 0 unspecified atom stereocenters. The van der Waals surface area contributed by atoms with Crippen molar-refractivity contribution in [2.45, 2.75) is 36.3 Å². The molecule has 0 spiro atoms. The smallest absolute Gasteiger partial charge is 0.446 e. The average Bonchev–Trinajstić information content (AvgIpc) is 3.03. The summed E-state index contributed by atoms with van der Waals surface area (Å²) in [6, 6.07) is 13.8. The molecule has 9 nitrogen and oxygen atoms in total. The molecule has 204 valence electrons. The Hall–Kier alpha value is -4.26. The third kappa shape index (κ3) is 6.42. The molecule has 2 N–H and O–H groups in total. The molecule has 0 atom stereocenters. The second kappa shape index (κ2) is 10.8. The zero-order valence-corrected chi connectivity index (χ0v) is 21.9. The van der Waals surface area contributed by atoms with Gasteiger partial charge in [0, 0.05) is 23.3 Å². The molecule has 2 aromatic carbocycles. The van der Waals surface area contributed by atoms with Crippen molar-refractivity contribution in [3.63, 3.8) is 0 Å². The fraction of sp³-hybridized carbons (Fsp3) is 0.231. The minimum absolute atomic E-state index is 0.0212. The van der Waals surface area contributed by atoms with Gasteiger partial charge in [-0.1, -0.05) is 0 Å². The van der Waals surface area contributed by atoms with Crippen molar-refractivity contribution in [2.75, 3.05) is 22.6 Å². The van der Waals surface area contributed by atoms with E-state index < -0.39 is 29.0 Å². The van der Waals surface area contributed by atoms with E-state index in [1.54, 1.807) is 50.2 Å². The summed E-state index contributed by atoms with van der Waals surface area (Å²) < 4.78 is 43.0. The van der Waals surface area contributed by atoms with Crippen molar-refractivity contribution in [1.29, 1.82) is 0 Å². The number of halogens is 3. The number of benzene rings is 2. The number of carbonyl (C=O) groups excluding carboxylic acids is 3. The van der Waals surface area contributed by atoms with E-state index in [-0.39, 0.29) is 34.7 Å². The van der Waals surface area contributed by atoms with Gasteiger partial charge in [0.25, 0.3) is 5.91 Å². The van der Waals surface area contributed by atoms with Crippen molar-refractivity contribution < 1.29 is 32.3 Å². The third-order valence-corrected chi connectivity index (χ3v) is 6.65. The lowest BCUT2D eigenvalue weighted by Crippen LogP contribution is -2.43. The SMILES string of the molecule is COc1ccc(NC(=O)Nc2cc(CN3C(=O)N(c4ccc(SC(F)(F)F)cc4)C(=O)C3(C)C)ccn2)cc1. The summed E-state index contributed by atoms with van der Waals surface area (Å²) in [6.45, 7) is 3.20. The van der Waals surface area contributed by atoms with Gasteiger partial charge in [0.2, 0.25) is 0 Å². The van der Waals surface area contributed by atoms with Crippen LogP contribution >= 0.6 is 11.8 Å². The number of hydrogen-bond donors (Lipinski definition) is 2. The van der Waals surface area contributed by atoms with Crippen LogP contribution in [0.2, 0.25) is 0 Å². The number of pyridine rings is 1. The number of urea groups is 2. The quantitative estimate of drug-likeness (QED) is 0.268.